The lowest BCUT2D eigenvalue weighted by molar-refractivity contribution is -0.111. The number of ether oxygens (including phenoxy) is 3. The number of methoxy groups -OCH3 is 1. The fourth-order valence-electron chi connectivity index (χ4n) is 2.48. The van der Waals surface area contributed by atoms with E-state index in [-0.39, 0.29) is 5.91 Å². The summed E-state index contributed by atoms with van der Waals surface area (Å²) in [7, 11) is 1.59. The molecule has 6 heteroatoms. The number of benzene rings is 2. The molecular weight excluding hydrogens is 342 g/mol. The molecule has 0 fully saturated rings. The largest absolute Gasteiger partial charge is 0.496 e. The molecular formula is C19H18ClNO4. The minimum atomic E-state index is -0.304. The van der Waals surface area contributed by atoms with Crippen LogP contribution in [0.3, 0.4) is 0 Å². The van der Waals surface area contributed by atoms with Crippen molar-refractivity contribution in [3.63, 3.8) is 0 Å². The summed E-state index contributed by atoms with van der Waals surface area (Å²) in [6, 6.07) is 9.06. The molecule has 2 aromatic rings. The van der Waals surface area contributed by atoms with Gasteiger partial charge in [0, 0.05) is 23.8 Å². The van der Waals surface area contributed by atoms with Crippen LogP contribution in [0.4, 0.5) is 5.69 Å². The molecule has 130 valence electrons. The van der Waals surface area contributed by atoms with Crippen LogP contribution in [0.25, 0.3) is 6.08 Å². The second-order valence-electron chi connectivity index (χ2n) is 5.54. The van der Waals surface area contributed by atoms with E-state index < -0.39 is 0 Å². The van der Waals surface area contributed by atoms with Crippen LogP contribution in [0.1, 0.15) is 11.1 Å². The number of hydrogen-bond donors (Lipinski definition) is 1. The van der Waals surface area contributed by atoms with Crippen LogP contribution >= 0.6 is 11.6 Å². The predicted octanol–water partition coefficient (Wildman–Crippen LogP) is 4.08. The van der Waals surface area contributed by atoms with E-state index >= 15 is 0 Å². The first-order valence-electron chi connectivity index (χ1n) is 7.79. The van der Waals surface area contributed by atoms with Gasteiger partial charge in [0.1, 0.15) is 19.0 Å². The van der Waals surface area contributed by atoms with Gasteiger partial charge in [-0.2, -0.15) is 0 Å². The summed E-state index contributed by atoms with van der Waals surface area (Å²) < 4.78 is 16.3. The van der Waals surface area contributed by atoms with Crippen LogP contribution in [0.15, 0.2) is 36.4 Å². The van der Waals surface area contributed by atoms with Crippen molar-refractivity contribution in [1.29, 1.82) is 0 Å². The molecule has 3 rings (SSSR count). The zero-order chi connectivity index (χ0) is 17.8. The number of aryl methyl sites for hydroxylation is 1. The van der Waals surface area contributed by atoms with E-state index in [1.807, 2.05) is 25.1 Å². The SMILES string of the molecule is COc1ccc(C)cc1/C=C/C(=O)Nc1cc2c(cc1Cl)OCCO2. The van der Waals surface area contributed by atoms with Crippen LogP contribution < -0.4 is 19.5 Å². The molecule has 0 saturated heterocycles. The average Bonchev–Trinajstić information content (AvgIpc) is 2.60. The van der Waals surface area contributed by atoms with E-state index in [1.165, 1.54) is 6.08 Å². The maximum Gasteiger partial charge on any atom is 0.248 e. The van der Waals surface area contributed by atoms with Gasteiger partial charge in [0.25, 0.3) is 0 Å². The molecule has 1 amide bonds. The highest BCUT2D eigenvalue weighted by Crippen LogP contribution is 2.37. The molecule has 0 bridgehead atoms. The smallest absolute Gasteiger partial charge is 0.248 e. The third-order valence-electron chi connectivity index (χ3n) is 3.69. The van der Waals surface area contributed by atoms with Crippen LogP contribution in [0.2, 0.25) is 5.02 Å². The Hall–Kier alpha value is -2.66. The lowest BCUT2D eigenvalue weighted by atomic mass is 10.1. The number of nitrogens with one attached hydrogen (secondary N) is 1. The van der Waals surface area contributed by atoms with E-state index in [0.29, 0.717) is 41.2 Å². The molecule has 1 aliphatic heterocycles. The summed E-state index contributed by atoms with van der Waals surface area (Å²) in [5, 5.41) is 3.14. The molecule has 0 aromatic heterocycles. The fourth-order valence-corrected chi connectivity index (χ4v) is 2.68. The molecule has 0 saturated carbocycles. The topological polar surface area (TPSA) is 56.8 Å². The highest BCUT2D eigenvalue weighted by atomic mass is 35.5. The van der Waals surface area contributed by atoms with Crippen LogP contribution in [0.5, 0.6) is 17.2 Å². The van der Waals surface area contributed by atoms with Gasteiger partial charge in [-0.3, -0.25) is 4.79 Å². The third-order valence-corrected chi connectivity index (χ3v) is 4.00. The van der Waals surface area contributed by atoms with Crippen molar-refractivity contribution in [2.24, 2.45) is 0 Å². The van der Waals surface area contributed by atoms with E-state index in [1.54, 1.807) is 25.3 Å². The quantitative estimate of drug-likeness (QED) is 0.836. The number of anilines is 1. The molecule has 0 aliphatic carbocycles. The van der Waals surface area contributed by atoms with Crippen LogP contribution in [-0.2, 0) is 4.79 Å². The second kappa shape index (κ2) is 7.49. The second-order valence-corrected chi connectivity index (χ2v) is 5.95. The molecule has 0 atom stereocenters. The maximum absolute atomic E-state index is 12.2. The highest BCUT2D eigenvalue weighted by Gasteiger charge is 2.15. The molecule has 0 radical (unpaired) electrons. The molecule has 1 N–H and O–H groups in total. The number of rotatable bonds is 4. The van der Waals surface area contributed by atoms with Gasteiger partial charge in [-0.05, 0) is 25.1 Å². The summed E-state index contributed by atoms with van der Waals surface area (Å²) in [6.07, 6.45) is 3.14. The first-order valence-corrected chi connectivity index (χ1v) is 8.17. The Morgan fingerprint density at radius 2 is 1.92 bits per heavy atom. The molecule has 0 spiro atoms. The number of hydrogen-bond acceptors (Lipinski definition) is 4. The molecule has 25 heavy (non-hydrogen) atoms. The maximum atomic E-state index is 12.2. The van der Waals surface area contributed by atoms with Crippen LogP contribution in [-0.4, -0.2) is 26.2 Å². The highest BCUT2D eigenvalue weighted by molar-refractivity contribution is 6.34. The number of halogens is 1. The number of fused-ring (bicyclic) bond motifs is 1. The Morgan fingerprint density at radius 3 is 2.64 bits per heavy atom. The number of amides is 1. The third kappa shape index (κ3) is 4.06. The van der Waals surface area contributed by atoms with E-state index in [2.05, 4.69) is 5.32 Å². The summed E-state index contributed by atoms with van der Waals surface area (Å²) in [4.78, 5) is 12.2. The lowest BCUT2D eigenvalue weighted by Gasteiger charge is -2.19. The fraction of sp³-hybridized carbons (Fsp3) is 0.211. The van der Waals surface area contributed by atoms with Crippen molar-refractivity contribution in [3.8, 4) is 17.2 Å². The number of carbonyl (C=O) groups is 1. The van der Waals surface area contributed by atoms with Crippen molar-refractivity contribution in [2.45, 2.75) is 6.92 Å². The first kappa shape index (κ1) is 17.2. The zero-order valence-electron chi connectivity index (χ0n) is 14.0. The summed E-state index contributed by atoms with van der Waals surface area (Å²) >= 11 is 6.20. The van der Waals surface area contributed by atoms with E-state index in [9.17, 15) is 4.79 Å². The minimum absolute atomic E-state index is 0.304. The Labute approximate surface area is 151 Å². The van der Waals surface area contributed by atoms with Gasteiger partial charge >= 0.3 is 0 Å². The standard InChI is InChI=1S/C19H18ClNO4/c1-12-3-5-16(23-2)13(9-12)4-6-19(22)21-15-11-18-17(10-14(15)20)24-7-8-25-18/h3-6,9-11H,7-8H2,1-2H3,(H,21,22)/b6-4+. The Kier molecular flexibility index (Phi) is 5.14. The van der Waals surface area contributed by atoms with Gasteiger partial charge < -0.3 is 19.5 Å². The molecule has 1 heterocycles. The molecule has 1 aliphatic rings. The van der Waals surface area contributed by atoms with Crippen molar-refractivity contribution >= 4 is 29.3 Å². The van der Waals surface area contributed by atoms with Gasteiger partial charge in [-0.1, -0.05) is 23.2 Å². The summed E-state index contributed by atoms with van der Waals surface area (Å²) in [5.74, 6) is 1.54. The normalized spacial score (nSPS) is 12.9. The van der Waals surface area contributed by atoms with Gasteiger partial charge in [0.05, 0.1) is 17.8 Å². The van der Waals surface area contributed by atoms with E-state index in [0.717, 1.165) is 11.1 Å². The predicted molar refractivity (Wildman–Crippen MR) is 97.8 cm³/mol. The van der Waals surface area contributed by atoms with Gasteiger partial charge in [0.15, 0.2) is 11.5 Å². The number of carbonyl (C=O) groups excluding carboxylic acids is 1. The Morgan fingerprint density at radius 1 is 1.20 bits per heavy atom. The summed E-state index contributed by atoms with van der Waals surface area (Å²) in [5.41, 5.74) is 2.37. The zero-order valence-corrected chi connectivity index (χ0v) is 14.7. The Bertz CT molecular complexity index is 832. The van der Waals surface area contributed by atoms with Gasteiger partial charge in [-0.15, -0.1) is 0 Å². The van der Waals surface area contributed by atoms with Crippen LogP contribution in [0, 0.1) is 6.92 Å². The Balaban J connectivity index is 1.76. The van der Waals surface area contributed by atoms with Crippen molar-refractivity contribution in [3.05, 3.63) is 52.6 Å². The average molecular weight is 360 g/mol. The first-order chi connectivity index (χ1) is 12.1. The monoisotopic (exact) mass is 359 g/mol. The molecule has 2 aromatic carbocycles. The van der Waals surface area contributed by atoms with Crippen molar-refractivity contribution < 1.29 is 19.0 Å². The summed E-state index contributed by atoms with van der Waals surface area (Å²) in [6.45, 7) is 2.93. The lowest BCUT2D eigenvalue weighted by Crippen LogP contribution is -2.16. The van der Waals surface area contributed by atoms with Crippen molar-refractivity contribution in [2.75, 3.05) is 25.6 Å². The van der Waals surface area contributed by atoms with Gasteiger partial charge in [-0.25, -0.2) is 0 Å². The van der Waals surface area contributed by atoms with Gasteiger partial charge in [0.2, 0.25) is 5.91 Å². The minimum Gasteiger partial charge on any atom is -0.496 e. The molecule has 0 unspecified atom stereocenters. The van der Waals surface area contributed by atoms with Crippen molar-refractivity contribution in [1.82, 2.24) is 0 Å². The van der Waals surface area contributed by atoms with E-state index in [4.69, 9.17) is 25.8 Å². The molecule has 5 nitrogen and oxygen atoms in total.